The molecule has 0 aromatic carbocycles. The van der Waals surface area contributed by atoms with E-state index in [9.17, 15) is 16.8 Å². The minimum absolute atomic E-state index is 0.0417. The van der Waals surface area contributed by atoms with Crippen LogP contribution in [0.25, 0.3) is 0 Å². The Bertz CT molecular complexity index is 320. The van der Waals surface area contributed by atoms with Crippen molar-refractivity contribution in [1.82, 2.24) is 0 Å². The Hall–Kier alpha value is -0.340. The molecule has 0 radical (unpaired) electrons. The zero-order chi connectivity index (χ0) is 16.7. The molecule has 0 heterocycles. The van der Waals surface area contributed by atoms with E-state index in [-0.39, 0.29) is 13.2 Å². The van der Waals surface area contributed by atoms with Crippen molar-refractivity contribution in [2.24, 2.45) is 0 Å². The fraction of sp³-hybridized carbons (Fsp3) is 1.00. The zero-order valence-electron chi connectivity index (χ0n) is 11.3. The van der Waals surface area contributed by atoms with Gasteiger partial charge >= 0.3 is 0 Å². The molecule has 0 rings (SSSR count). The van der Waals surface area contributed by atoms with Gasteiger partial charge in [0.25, 0.3) is 20.2 Å². The molecule has 0 aromatic rings. The average molecular weight is 342 g/mol. The van der Waals surface area contributed by atoms with Crippen LogP contribution in [-0.2, 0) is 29.7 Å². The van der Waals surface area contributed by atoms with Gasteiger partial charge in [0.15, 0.2) is 0 Å². The summed E-state index contributed by atoms with van der Waals surface area (Å²) in [5, 5.41) is 16.5. The van der Waals surface area contributed by atoms with Crippen LogP contribution in [0.3, 0.4) is 0 Å². The van der Waals surface area contributed by atoms with Crippen molar-refractivity contribution in [3.63, 3.8) is 0 Å². The van der Waals surface area contributed by atoms with Gasteiger partial charge in [-0.15, -0.1) is 0 Å². The van der Waals surface area contributed by atoms with Crippen molar-refractivity contribution in [2.75, 3.05) is 52.2 Å². The van der Waals surface area contributed by atoms with Gasteiger partial charge in [-0.2, -0.15) is 16.8 Å². The molecule has 0 saturated carbocycles. The average Bonchev–Trinajstić information content (AvgIpc) is 2.18. The van der Waals surface area contributed by atoms with Gasteiger partial charge in [-0.3, -0.25) is 9.11 Å². The van der Waals surface area contributed by atoms with Gasteiger partial charge in [0.2, 0.25) is 0 Å². The van der Waals surface area contributed by atoms with Crippen LogP contribution in [0.4, 0.5) is 0 Å². The van der Waals surface area contributed by atoms with Crippen molar-refractivity contribution in [3.8, 4) is 0 Å². The Morgan fingerprint density at radius 1 is 0.700 bits per heavy atom. The van der Waals surface area contributed by atoms with Gasteiger partial charge in [-0.1, -0.05) is 0 Å². The Morgan fingerprint density at radius 2 is 0.900 bits per heavy atom. The van der Waals surface area contributed by atoms with E-state index in [1.165, 1.54) is 0 Å². The van der Waals surface area contributed by atoms with Crippen LogP contribution in [-0.4, -0.2) is 88.3 Å². The fourth-order valence-electron chi connectivity index (χ4n) is 0.451. The lowest BCUT2D eigenvalue weighted by molar-refractivity contribution is 0.0222. The number of hydrogen-bond donors (Lipinski definition) is 4. The second-order valence-electron chi connectivity index (χ2n) is 3.14. The third-order valence-electron chi connectivity index (χ3n) is 0.843. The number of hydrogen-bond acceptors (Lipinski definition) is 8. The van der Waals surface area contributed by atoms with Gasteiger partial charge in [-0.25, -0.2) is 0 Å². The lowest BCUT2D eigenvalue weighted by Gasteiger charge is -2.01. The fourth-order valence-corrected chi connectivity index (χ4v) is 0.451. The summed E-state index contributed by atoms with van der Waals surface area (Å²) in [7, 11) is -7.33. The third-order valence-corrected chi connectivity index (χ3v) is 0.843. The molecule has 0 aliphatic carbocycles. The van der Waals surface area contributed by atoms with Crippen LogP contribution in [0.15, 0.2) is 0 Å². The molecule has 0 unspecified atom stereocenters. The molecule has 4 N–H and O–H groups in total. The molecule has 126 valence electrons. The van der Waals surface area contributed by atoms with E-state index in [4.69, 9.17) is 28.8 Å². The number of ether oxygens (including phenoxy) is 2. The molecule has 20 heavy (non-hydrogen) atoms. The largest absolute Gasteiger partial charge is 0.394 e. The molecule has 12 heteroatoms. The van der Waals surface area contributed by atoms with Gasteiger partial charge in [0, 0.05) is 0 Å². The van der Waals surface area contributed by atoms with E-state index in [2.05, 4.69) is 0 Å². The molecule has 0 amide bonds. The summed E-state index contributed by atoms with van der Waals surface area (Å²) in [6.45, 7) is 1.73. The molecular formula is C8H22O10S2. The predicted molar refractivity (Wildman–Crippen MR) is 70.8 cm³/mol. The summed E-state index contributed by atoms with van der Waals surface area (Å²) < 4.78 is 61.5. The highest BCUT2D eigenvalue weighted by atomic mass is 32.2. The lowest BCUT2D eigenvalue weighted by atomic mass is 10.7. The molecule has 0 atom stereocenters. The first kappa shape index (κ1) is 24.7. The zero-order valence-corrected chi connectivity index (χ0v) is 12.9. The highest BCUT2D eigenvalue weighted by Crippen LogP contribution is 1.76. The number of aliphatic hydroxyl groups excluding tert-OH is 2. The Balaban J connectivity index is -0.000000244. The first-order valence-electron chi connectivity index (χ1n) is 5.14. The minimum atomic E-state index is -3.67. The van der Waals surface area contributed by atoms with Gasteiger partial charge in [-0.05, 0) is 0 Å². The first-order chi connectivity index (χ1) is 8.91. The van der Waals surface area contributed by atoms with Crippen LogP contribution in [0.5, 0.6) is 0 Å². The normalized spacial score (nSPS) is 10.9. The second kappa shape index (κ2) is 15.1. The van der Waals surface area contributed by atoms with Crippen LogP contribution in [0, 0.1) is 0 Å². The molecule has 0 spiro atoms. The maximum atomic E-state index is 9.19. The quantitative estimate of drug-likeness (QED) is 0.300. The summed E-state index contributed by atoms with van der Waals surface area (Å²) in [5.41, 5.74) is 0. The van der Waals surface area contributed by atoms with Crippen LogP contribution in [0.1, 0.15) is 0 Å². The summed E-state index contributed by atoms with van der Waals surface area (Å²) in [4.78, 5) is 0. The standard InChI is InChI=1S/C6H14O4.2CH4O3S/c7-1-3-9-5-6-10-4-2-8;2*1-5(2,3)4/h7-8H,1-6H2;2*1H3,(H,2,3,4). The SMILES string of the molecule is CS(=O)(=O)O.CS(=O)(=O)O.OCCOCCOCCO. The predicted octanol–water partition coefficient (Wildman–Crippen LogP) is -1.99. The maximum absolute atomic E-state index is 9.19. The van der Waals surface area contributed by atoms with Crippen molar-refractivity contribution < 1.29 is 45.6 Å². The third kappa shape index (κ3) is 111. The summed E-state index contributed by atoms with van der Waals surface area (Å²) in [5.74, 6) is 0. The van der Waals surface area contributed by atoms with Crippen molar-refractivity contribution >= 4 is 20.2 Å². The van der Waals surface area contributed by atoms with E-state index in [0.717, 1.165) is 0 Å². The van der Waals surface area contributed by atoms with Gasteiger partial charge in [0.1, 0.15) is 0 Å². The highest BCUT2D eigenvalue weighted by molar-refractivity contribution is 7.85. The number of rotatable bonds is 7. The van der Waals surface area contributed by atoms with E-state index in [0.29, 0.717) is 38.9 Å². The van der Waals surface area contributed by atoms with Gasteiger partial charge in [0.05, 0.1) is 52.2 Å². The monoisotopic (exact) mass is 342 g/mol. The van der Waals surface area contributed by atoms with Crippen molar-refractivity contribution in [3.05, 3.63) is 0 Å². The van der Waals surface area contributed by atoms with Crippen LogP contribution < -0.4 is 0 Å². The Labute approximate surface area is 118 Å². The number of aliphatic hydroxyl groups is 2. The lowest BCUT2D eigenvalue weighted by Crippen LogP contribution is -2.09. The molecule has 10 nitrogen and oxygen atoms in total. The topological polar surface area (TPSA) is 168 Å². The van der Waals surface area contributed by atoms with Gasteiger partial charge < -0.3 is 19.7 Å². The minimum Gasteiger partial charge on any atom is -0.394 e. The van der Waals surface area contributed by atoms with E-state index < -0.39 is 20.2 Å². The smallest absolute Gasteiger partial charge is 0.261 e. The molecule has 0 aromatic heterocycles. The van der Waals surface area contributed by atoms with E-state index >= 15 is 0 Å². The Morgan fingerprint density at radius 3 is 1.05 bits per heavy atom. The Kier molecular flexibility index (Phi) is 18.6. The molecule has 0 fully saturated rings. The van der Waals surface area contributed by atoms with Crippen LogP contribution in [0.2, 0.25) is 0 Å². The second-order valence-corrected chi connectivity index (χ2v) is 6.07. The maximum Gasteiger partial charge on any atom is 0.261 e. The van der Waals surface area contributed by atoms with Crippen LogP contribution >= 0.6 is 0 Å². The summed E-state index contributed by atoms with van der Waals surface area (Å²) in [6.07, 6.45) is 1.43. The first-order valence-corrected chi connectivity index (χ1v) is 8.83. The van der Waals surface area contributed by atoms with Crippen molar-refractivity contribution in [2.45, 2.75) is 0 Å². The van der Waals surface area contributed by atoms with E-state index in [1.807, 2.05) is 0 Å². The molecular weight excluding hydrogens is 320 g/mol. The molecule has 0 aliphatic rings. The molecule has 0 bridgehead atoms. The summed E-state index contributed by atoms with van der Waals surface area (Å²) >= 11 is 0. The molecule has 0 aliphatic heterocycles. The summed E-state index contributed by atoms with van der Waals surface area (Å²) in [6, 6.07) is 0. The van der Waals surface area contributed by atoms with Crippen molar-refractivity contribution in [1.29, 1.82) is 0 Å². The highest BCUT2D eigenvalue weighted by Gasteiger charge is 1.86. The molecule has 0 saturated heterocycles. The van der Waals surface area contributed by atoms with E-state index in [1.54, 1.807) is 0 Å².